The van der Waals surface area contributed by atoms with Crippen molar-refractivity contribution in [1.82, 2.24) is 19.6 Å². The molecule has 198 valence electrons. The van der Waals surface area contributed by atoms with Gasteiger partial charge in [0.05, 0.1) is 17.7 Å². The number of carbonyl (C=O) groups is 2. The fourth-order valence-corrected chi connectivity index (χ4v) is 3.87. The van der Waals surface area contributed by atoms with Crippen LogP contribution in [0.15, 0.2) is 85.2 Å². The number of ether oxygens (including phenoxy) is 1. The molecule has 2 aromatic carbocycles. The van der Waals surface area contributed by atoms with E-state index in [4.69, 9.17) is 4.74 Å². The molecule has 10 nitrogen and oxygen atoms in total. The summed E-state index contributed by atoms with van der Waals surface area (Å²) in [6.07, 6.45) is 3.18. The van der Waals surface area contributed by atoms with Crippen LogP contribution in [-0.2, 0) is 5.41 Å². The van der Waals surface area contributed by atoms with Gasteiger partial charge in [0.15, 0.2) is 5.65 Å². The second kappa shape index (κ2) is 10.7. The lowest BCUT2D eigenvalue weighted by Gasteiger charge is -2.16. The molecule has 5 rings (SSSR count). The van der Waals surface area contributed by atoms with Crippen molar-refractivity contribution >= 4 is 29.1 Å². The maximum Gasteiger partial charge on any atom is 0.276 e. The summed E-state index contributed by atoms with van der Waals surface area (Å²) in [5, 5.41) is 19.3. The number of nitriles is 1. The number of hydrogen-bond acceptors (Lipinski definition) is 7. The van der Waals surface area contributed by atoms with Crippen molar-refractivity contribution in [3.63, 3.8) is 0 Å². The predicted octanol–water partition coefficient (Wildman–Crippen LogP) is 5.53. The van der Waals surface area contributed by atoms with Crippen LogP contribution in [0.3, 0.4) is 0 Å². The number of hydrogen-bond donors (Lipinski definition) is 2. The number of aromatic nitrogens is 4. The Bertz CT molecular complexity index is 1770. The lowest BCUT2D eigenvalue weighted by molar-refractivity contribution is 0.101. The van der Waals surface area contributed by atoms with Gasteiger partial charge in [-0.05, 0) is 74.4 Å². The fourth-order valence-electron chi connectivity index (χ4n) is 3.87. The van der Waals surface area contributed by atoms with E-state index in [-0.39, 0.29) is 17.5 Å². The van der Waals surface area contributed by atoms with Crippen molar-refractivity contribution < 1.29 is 14.3 Å². The van der Waals surface area contributed by atoms with Crippen LogP contribution in [0.1, 0.15) is 45.8 Å². The largest absolute Gasteiger partial charge is 0.455 e. The topological polar surface area (TPSA) is 134 Å². The molecule has 0 radical (unpaired) electrons. The van der Waals surface area contributed by atoms with Crippen LogP contribution in [-0.4, -0.2) is 31.4 Å². The number of carbonyl (C=O) groups excluding carboxylic acids is 2. The van der Waals surface area contributed by atoms with Gasteiger partial charge in [0.1, 0.15) is 17.2 Å². The Morgan fingerprint density at radius 3 is 2.60 bits per heavy atom. The number of fused-ring (bicyclic) bond motifs is 1. The van der Waals surface area contributed by atoms with E-state index >= 15 is 0 Å². The van der Waals surface area contributed by atoms with Gasteiger partial charge in [-0.2, -0.15) is 10.2 Å². The molecular weight excluding hydrogens is 506 g/mol. The molecule has 40 heavy (non-hydrogen) atoms. The highest BCUT2D eigenvalue weighted by Crippen LogP contribution is 2.29. The standard InChI is InChI=1S/C30H25N7O3/c1-19-10-11-22(33-27(38)20-7-6-8-21(15-20)30(2,3)18-31)16-25(19)40-23-12-13-26-34-29(36-37(26)17-23)35-28(39)24-9-4-5-14-32-24/h4-17H,1-3H3,(H,33,38)(H,35,36,39). The van der Waals surface area contributed by atoms with Crippen LogP contribution in [0.5, 0.6) is 11.5 Å². The number of nitrogens with zero attached hydrogens (tertiary/aromatic N) is 5. The molecule has 0 spiro atoms. The van der Waals surface area contributed by atoms with Gasteiger partial charge in [-0.1, -0.05) is 24.3 Å². The van der Waals surface area contributed by atoms with Gasteiger partial charge in [-0.3, -0.25) is 19.9 Å². The number of aryl methyl sites for hydroxylation is 1. The molecule has 0 bridgehead atoms. The summed E-state index contributed by atoms with van der Waals surface area (Å²) in [6, 6.07) is 23.2. The van der Waals surface area contributed by atoms with Gasteiger partial charge in [0.2, 0.25) is 5.95 Å². The summed E-state index contributed by atoms with van der Waals surface area (Å²) < 4.78 is 7.61. The summed E-state index contributed by atoms with van der Waals surface area (Å²) in [4.78, 5) is 33.7. The van der Waals surface area contributed by atoms with E-state index in [0.717, 1.165) is 11.1 Å². The van der Waals surface area contributed by atoms with Gasteiger partial charge in [-0.25, -0.2) is 4.52 Å². The summed E-state index contributed by atoms with van der Waals surface area (Å²) in [6.45, 7) is 5.51. The molecule has 2 N–H and O–H groups in total. The Morgan fingerprint density at radius 1 is 0.975 bits per heavy atom. The second-order valence-corrected chi connectivity index (χ2v) is 9.63. The van der Waals surface area contributed by atoms with E-state index in [1.807, 2.05) is 32.9 Å². The molecule has 0 atom stereocenters. The first-order valence-electron chi connectivity index (χ1n) is 12.4. The molecule has 0 unspecified atom stereocenters. The summed E-state index contributed by atoms with van der Waals surface area (Å²) in [5.74, 6) is 0.451. The zero-order valence-corrected chi connectivity index (χ0v) is 22.0. The number of amides is 2. The molecule has 3 aromatic heterocycles. The highest BCUT2D eigenvalue weighted by atomic mass is 16.5. The van der Waals surface area contributed by atoms with Crippen molar-refractivity contribution in [3.8, 4) is 17.6 Å². The van der Waals surface area contributed by atoms with E-state index in [1.54, 1.807) is 66.9 Å². The minimum Gasteiger partial charge on any atom is -0.455 e. The number of pyridine rings is 2. The Labute approximate surface area is 230 Å². The van der Waals surface area contributed by atoms with Crippen molar-refractivity contribution in [2.45, 2.75) is 26.2 Å². The molecular formula is C30H25N7O3. The highest BCUT2D eigenvalue weighted by molar-refractivity contribution is 6.04. The fraction of sp³-hybridized carbons (Fsp3) is 0.133. The Balaban J connectivity index is 1.31. The van der Waals surface area contributed by atoms with Crippen LogP contribution in [0.4, 0.5) is 11.6 Å². The Morgan fingerprint density at radius 2 is 1.82 bits per heavy atom. The third-order valence-electron chi connectivity index (χ3n) is 6.23. The van der Waals surface area contributed by atoms with Gasteiger partial charge in [0.25, 0.3) is 11.8 Å². The van der Waals surface area contributed by atoms with E-state index in [9.17, 15) is 14.9 Å². The van der Waals surface area contributed by atoms with Gasteiger partial charge in [0, 0.05) is 23.5 Å². The Hall–Kier alpha value is -5.56. The maximum absolute atomic E-state index is 13.0. The molecule has 5 aromatic rings. The van der Waals surface area contributed by atoms with Crippen LogP contribution < -0.4 is 15.4 Å². The first kappa shape index (κ1) is 26.1. The average Bonchev–Trinajstić information content (AvgIpc) is 3.36. The minimum atomic E-state index is -0.711. The van der Waals surface area contributed by atoms with E-state index in [2.05, 4.69) is 31.8 Å². The molecule has 0 saturated heterocycles. The summed E-state index contributed by atoms with van der Waals surface area (Å²) in [7, 11) is 0. The first-order chi connectivity index (χ1) is 19.2. The lowest BCUT2D eigenvalue weighted by Crippen LogP contribution is -2.17. The van der Waals surface area contributed by atoms with Crippen LogP contribution in [0, 0.1) is 18.3 Å². The van der Waals surface area contributed by atoms with E-state index < -0.39 is 11.3 Å². The highest BCUT2D eigenvalue weighted by Gasteiger charge is 2.21. The first-order valence-corrected chi connectivity index (χ1v) is 12.4. The molecule has 0 aliphatic heterocycles. The Kier molecular flexibility index (Phi) is 6.95. The van der Waals surface area contributed by atoms with Crippen molar-refractivity contribution in [2.75, 3.05) is 10.6 Å². The van der Waals surface area contributed by atoms with Crippen LogP contribution in [0.25, 0.3) is 5.65 Å². The van der Waals surface area contributed by atoms with Crippen molar-refractivity contribution in [3.05, 3.63) is 108 Å². The van der Waals surface area contributed by atoms with Crippen molar-refractivity contribution in [1.29, 1.82) is 5.26 Å². The monoisotopic (exact) mass is 531 g/mol. The average molecular weight is 532 g/mol. The molecule has 0 aliphatic rings. The number of nitrogens with one attached hydrogen (secondary N) is 2. The van der Waals surface area contributed by atoms with Crippen LogP contribution >= 0.6 is 0 Å². The number of benzene rings is 2. The molecule has 0 aliphatic carbocycles. The SMILES string of the molecule is Cc1ccc(NC(=O)c2cccc(C(C)(C)C#N)c2)cc1Oc1ccc2nc(NC(=O)c3ccccn3)nn2c1. The smallest absolute Gasteiger partial charge is 0.276 e. The van der Waals surface area contributed by atoms with Gasteiger partial charge in [-0.15, -0.1) is 5.10 Å². The zero-order valence-electron chi connectivity index (χ0n) is 22.0. The van der Waals surface area contributed by atoms with Gasteiger partial charge >= 0.3 is 0 Å². The number of rotatable bonds is 7. The number of anilines is 2. The maximum atomic E-state index is 13.0. The normalized spacial score (nSPS) is 11.1. The third kappa shape index (κ3) is 5.63. The van der Waals surface area contributed by atoms with E-state index in [0.29, 0.717) is 28.4 Å². The quantitative estimate of drug-likeness (QED) is 0.282. The lowest BCUT2D eigenvalue weighted by atomic mass is 9.85. The second-order valence-electron chi connectivity index (χ2n) is 9.63. The molecule has 3 heterocycles. The summed E-state index contributed by atoms with van der Waals surface area (Å²) >= 11 is 0. The molecule has 2 amide bonds. The van der Waals surface area contributed by atoms with Crippen LogP contribution in [0.2, 0.25) is 0 Å². The minimum absolute atomic E-state index is 0.135. The molecule has 0 saturated carbocycles. The zero-order chi connectivity index (χ0) is 28.3. The van der Waals surface area contributed by atoms with Gasteiger partial charge < -0.3 is 10.1 Å². The molecule has 0 fully saturated rings. The third-order valence-corrected chi connectivity index (χ3v) is 6.23. The van der Waals surface area contributed by atoms with E-state index in [1.165, 1.54) is 10.7 Å². The predicted molar refractivity (Wildman–Crippen MR) is 149 cm³/mol. The summed E-state index contributed by atoms with van der Waals surface area (Å²) in [5.41, 5.74) is 2.69. The molecule has 10 heteroatoms. The van der Waals surface area contributed by atoms with Crippen molar-refractivity contribution in [2.24, 2.45) is 0 Å².